The quantitative estimate of drug-likeness (QED) is 0.768. The first-order valence-electron chi connectivity index (χ1n) is 9.15. The van der Waals surface area contributed by atoms with E-state index in [1.165, 1.54) is 7.11 Å². The van der Waals surface area contributed by atoms with Crippen molar-refractivity contribution in [1.29, 1.82) is 0 Å². The molecule has 2 heterocycles. The summed E-state index contributed by atoms with van der Waals surface area (Å²) in [7, 11) is 1.49. The van der Waals surface area contributed by atoms with Crippen molar-refractivity contribution in [2.24, 2.45) is 11.8 Å². The number of aromatic hydroxyl groups is 1. The summed E-state index contributed by atoms with van der Waals surface area (Å²) in [6, 6.07) is 7.21. The number of aryl methyl sites for hydroxylation is 1. The molecule has 7 heteroatoms. The molecule has 28 heavy (non-hydrogen) atoms. The summed E-state index contributed by atoms with van der Waals surface area (Å²) in [6.07, 6.45) is -0.836. The third kappa shape index (κ3) is 2.29. The molecule has 2 aromatic carbocycles. The summed E-state index contributed by atoms with van der Waals surface area (Å²) in [6.45, 7) is 2.08. The second-order valence-corrected chi connectivity index (χ2v) is 7.47. The number of carbonyl (C=O) groups is 1. The second-order valence-electron chi connectivity index (χ2n) is 7.47. The van der Waals surface area contributed by atoms with Crippen LogP contribution in [-0.2, 0) is 9.53 Å². The third-order valence-electron chi connectivity index (χ3n) is 6.01. The van der Waals surface area contributed by atoms with E-state index < -0.39 is 12.0 Å². The minimum absolute atomic E-state index is 0.0681. The molecule has 1 saturated heterocycles. The largest absolute Gasteiger partial charge is 0.504 e. The normalized spacial score (nSPS) is 27.2. The van der Waals surface area contributed by atoms with Crippen LogP contribution in [-0.4, -0.2) is 36.7 Å². The number of rotatable bonds is 2. The van der Waals surface area contributed by atoms with Crippen molar-refractivity contribution < 1.29 is 34.0 Å². The van der Waals surface area contributed by atoms with E-state index in [0.717, 1.165) is 11.1 Å². The molecule has 2 aromatic rings. The Morgan fingerprint density at radius 2 is 1.79 bits per heavy atom. The van der Waals surface area contributed by atoms with Crippen LogP contribution < -0.4 is 14.2 Å². The number of cyclic esters (lactones) is 1. The molecule has 7 nitrogen and oxygen atoms in total. The lowest BCUT2D eigenvalue weighted by Gasteiger charge is -2.37. The van der Waals surface area contributed by atoms with E-state index in [2.05, 4.69) is 0 Å². The summed E-state index contributed by atoms with van der Waals surface area (Å²) in [5.74, 6) is -0.00187. The summed E-state index contributed by atoms with van der Waals surface area (Å²) in [5.41, 5.74) is 2.96. The van der Waals surface area contributed by atoms with Gasteiger partial charge in [0.25, 0.3) is 0 Å². The molecule has 4 atom stereocenters. The van der Waals surface area contributed by atoms with Gasteiger partial charge in [0.1, 0.15) is 0 Å². The van der Waals surface area contributed by atoms with Gasteiger partial charge < -0.3 is 29.2 Å². The van der Waals surface area contributed by atoms with E-state index >= 15 is 0 Å². The zero-order valence-corrected chi connectivity index (χ0v) is 15.5. The Bertz CT molecular complexity index is 983. The number of phenols is 1. The monoisotopic (exact) mass is 384 g/mol. The maximum atomic E-state index is 12.6. The Kier molecular flexibility index (Phi) is 3.71. The molecule has 1 fully saturated rings. The van der Waals surface area contributed by atoms with Crippen LogP contribution in [0.4, 0.5) is 0 Å². The molecule has 0 amide bonds. The Hall–Kier alpha value is -2.93. The number of aliphatic hydroxyl groups excluding tert-OH is 1. The lowest BCUT2D eigenvalue weighted by Crippen LogP contribution is -2.34. The van der Waals surface area contributed by atoms with Crippen LogP contribution in [0.5, 0.6) is 23.0 Å². The lowest BCUT2D eigenvalue weighted by atomic mass is 9.66. The van der Waals surface area contributed by atoms with Gasteiger partial charge in [-0.15, -0.1) is 0 Å². The van der Waals surface area contributed by atoms with E-state index in [0.29, 0.717) is 28.4 Å². The van der Waals surface area contributed by atoms with Gasteiger partial charge in [0.05, 0.1) is 25.7 Å². The molecule has 0 bridgehead atoms. The van der Waals surface area contributed by atoms with Crippen molar-refractivity contribution in [2.75, 3.05) is 20.5 Å². The Morgan fingerprint density at radius 3 is 2.50 bits per heavy atom. The minimum atomic E-state index is -0.836. The summed E-state index contributed by atoms with van der Waals surface area (Å²) < 4.78 is 21.6. The van der Waals surface area contributed by atoms with Gasteiger partial charge in [-0.05, 0) is 47.4 Å². The number of esters is 1. The van der Waals surface area contributed by atoms with E-state index in [-0.39, 0.29) is 37.0 Å². The van der Waals surface area contributed by atoms with Gasteiger partial charge in [-0.3, -0.25) is 4.79 Å². The van der Waals surface area contributed by atoms with Gasteiger partial charge in [-0.1, -0.05) is 6.07 Å². The van der Waals surface area contributed by atoms with E-state index in [1.807, 2.05) is 12.1 Å². The van der Waals surface area contributed by atoms with Crippen molar-refractivity contribution in [3.05, 3.63) is 46.5 Å². The van der Waals surface area contributed by atoms with Crippen LogP contribution in [0.15, 0.2) is 24.3 Å². The van der Waals surface area contributed by atoms with Crippen LogP contribution >= 0.6 is 0 Å². The average molecular weight is 384 g/mol. The highest BCUT2D eigenvalue weighted by molar-refractivity contribution is 5.78. The van der Waals surface area contributed by atoms with E-state index in [9.17, 15) is 15.0 Å². The van der Waals surface area contributed by atoms with Gasteiger partial charge >= 0.3 is 5.97 Å². The zero-order chi connectivity index (χ0) is 19.6. The third-order valence-corrected chi connectivity index (χ3v) is 6.01. The van der Waals surface area contributed by atoms with Crippen molar-refractivity contribution in [2.45, 2.75) is 18.9 Å². The molecule has 5 rings (SSSR count). The lowest BCUT2D eigenvalue weighted by molar-refractivity contribution is -0.141. The first kappa shape index (κ1) is 17.2. The van der Waals surface area contributed by atoms with Crippen molar-refractivity contribution in [1.82, 2.24) is 0 Å². The zero-order valence-electron chi connectivity index (χ0n) is 15.5. The number of ether oxygens (including phenoxy) is 4. The predicted octanol–water partition coefficient (Wildman–Crippen LogP) is 2.41. The molecule has 0 aromatic heterocycles. The maximum Gasteiger partial charge on any atom is 0.310 e. The Labute approximate surface area is 161 Å². The highest BCUT2D eigenvalue weighted by Crippen LogP contribution is 2.54. The number of methoxy groups -OCH3 is 1. The van der Waals surface area contributed by atoms with E-state index in [1.54, 1.807) is 19.1 Å². The molecule has 3 aliphatic rings. The fraction of sp³-hybridized carbons (Fsp3) is 0.381. The Balaban J connectivity index is 1.75. The van der Waals surface area contributed by atoms with Crippen LogP contribution in [0.25, 0.3) is 0 Å². The molecule has 0 radical (unpaired) electrons. The smallest absolute Gasteiger partial charge is 0.310 e. The van der Waals surface area contributed by atoms with Gasteiger partial charge in [-0.2, -0.15) is 0 Å². The number of fused-ring (bicyclic) bond motifs is 3. The number of carbonyl (C=O) groups excluding carboxylic acids is 1. The Morgan fingerprint density at radius 1 is 1.07 bits per heavy atom. The first-order chi connectivity index (χ1) is 13.5. The van der Waals surface area contributed by atoms with E-state index in [4.69, 9.17) is 18.9 Å². The summed E-state index contributed by atoms with van der Waals surface area (Å²) in [5, 5.41) is 21.2. The molecule has 1 unspecified atom stereocenters. The molecular formula is C21H20O7. The summed E-state index contributed by atoms with van der Waals surface area (Å²) in [4.78, 5) is 12.6. The van der Waals surface area contributed by atoms with Crippen LogP contribution in [0.1, 0.15) is 34.3 Å². The van der Waals surface area contributed by atoms with Crippen molar-refractivity contribution in [3.63, 3.8) is 0 Å². The number of phenolic OH excluding ortho intramolecular Hbond substituents is 1. The minimum Gasteiger partial charge on any atom is -0.504 e. The number of benzene rings is 2. The molecule has 1 aliphatic carbocycles. The van der Waals surface area contributed by atoms with Crippen molar-refractivity contribution >= 4 is 5.97 Å². The molecule has 2 aliphatic heterocycles. The summed E-state index contributed by atoms with van der Waals surface area (Å²) >= 11 is 0. The molecule has 146 valence electrons. The number of aliphatic hydroxyl groups is 1. The highest BCUT2D eigenvalue weighted by atomic mass is 16.7. The molecular weight excluding hydrogens is 364 g/mol. The van der Waals surface area contributed by atoms with Gasteiger partial charge in [0.15, 0.2) is 23.0 Å². The van der Waals surface area contributed by atoms with Gasteiger partial charge in [0.2, 0.25) is 6.79 Å². The number of hydrogen-bond acceptors (Lipinski definition) is 7. The van der Waals surface area contributed by atoms with Crippen LogP contribution in [0.3, 0.4) is 0 Å². The highest BCUT2D eigenvalue weighted by Gasteiger charge is 2.52. The molecule has 2 N–H and O–H groups in total. The van der Waals surface area contributed by atoms with Crippen LogP contribution in [0, 0.1) is 18.8 Å². The first-order valence-corrected chi connectivity index (χ1v) is 9.15. The average Bonchev–Trinajstić information content (AvgIpc) is 3.30. The molecule has 0 saturated carbocycles. The predicted molar refractivity (Wildman–Crippen MR) is 96.7 cm³/mol. The second kappa shape index (κ2) is 6.04. The van der Waals surface area contributed by atoms with Gasteiger partial charge in [-0.25, -0.2) is 0 Å². The topological polar surface area (TPSA) is 94.5 Å². The maximum absolute atomic E-state index is 12.6. The van der Waals surface area contributed by atoms with Crippen molar-refractivity contribution in [3.8, 4) is 23.0 Å². The van der Waals surface area contributed by atoms with Crippen LogP contribution in [0.2, 0.25) is 0 Å². The fourth-order valence-corrected chi connectivity index (χ4v) is 4.64. The SMILES string of the molecule is COc1cc(C2c3cc4c(cc3[C@H](O)[C@H]3COC(=O)[C@H]23)OCO4)cc(C)c1O. The standard InChI is InChI=1S/C21H20O7/c1-9-3-10(4-16(25-2)19(9)22)17-11-5-14-15(28-8-27-14)6-12(11)20(23)13-7-26-21(24)18(13)17/h3-6,13,17-18,20,22-23H,7-8H2,1-2H3/t13-,17?,18-,20-/m0/s1. The van der Waals surface area contributed by atoms with Gasteiger partial charge in [0, 0.05) is 11.8 Å². The fourth-order valence-electron chi connectivity index (χ4n) is 4.64. The molecule has 0 spiro atoms. The number of hydrogen-bond donors (Lipinski definition) is 2.